The number of anilines is 1. The van der Waals surface area contributed by atoms with Gasteiger partial charge in [0, 0.05) is 30.9 Å². The predicted octanol–water partition coefficient (Wildman–Crippen LogP) is 1.75. The summed E-state index contributed by atoms with van der Waals surface area (Å²) in [6, 6.07) is 15.0. The zero-order valence-electron chi connectivity index (χ0n) is 14.8. The number of carbonyl (C=O) groups excluding carboxylic acids is 1. The molecule has 1 aliphatic heterocycles. The number of nitrogens with zero attached hydrogens (tertiary/aromatic N) is 5. The molecule has 1 aliphatic rings. The number of hydrogen-bond donors (Lipinski definition) is 1. The van der Waals surface area contributed by atoms with E-state index >= 15 is 0 Å². The highest BCUT2D eigenvalue weighted by Crippen LogP contribution is 2.19. The number of hydrogen-bond acceptors (Lipinski definition) is 6. The fraction of sp³-hybridized carbons (Fsp3) is 0.263. The molecule has 0 radical (unpaired) electrons. The van der Waals surface area contributed by atoms with Crippen molar-refractivity contribution in [3.8, 4) is 5.69 Å². The van der Waals surface area contributed by atoms with Crippen LogP contribution in [0.2, 0.25) is 0 Å². The van der Waals surface area contributed by atoms with Crippen molar-refractivity contribution in [3.63, 3.8) is 0 Å². The third-order valence-electron chi connectivity index (χ3n) is 4.51. The molecule has 0 atom stereocenters. The van der Waals surface area contributed by atoms with Crippen molar-refractivity contribution in [1.29, 1.82) is 0 Å². The van der Waals surface area contributed by atoms with Gasteiger partial charge in [0.1, 0.15) is 6.33 Å². The molecule has 1 aromatic heterocycles. The molecule has 1 fully saturated rings. The maximum absolute atomic E-state index is 12.7. The van der Waals surface area contributed by atoms with Crippen LogP contribution < -0.4 is 5.32 Å². The number of para-hydroxylation sites is 1. The molecule has 0 unspecified atom stereocenters. The number of aromatic nitrogens is 4. The predicted molar refractivity (Wildman–Crippen MR) is 99.6 cm³/mol. The number of rotatable bonds is 5. The number of tetrazole rings is 1. The fourth-order valence-electron chi connectivity index (χ4n) is 3.02. The fourth-order valence-corrected chi connectivity index (χ4v) is 3.02. The van der Waals surface area contributed by atoms with Gasteiger partial charge in [0.25, 0.3) is 5.91 Å². The Morgan fingerprint density at radius 1 is 1.07 bits per heavy atom. The van der Waals surface area contributed by atoms with E-state index in [0.29, 0.717) is 5.56 Å². The third-order valence-corrected chi connectivity index (χ3v) is 4.51. The van der Waals surface area contributed by atoms with E-state index in [1.165, 1.54) is 6.33 Å². The SMILES string of the molecule is O=C(Nc1ccccc1CN1CCOCC1)c1ccc(-n2cnnn2)cc1. The van der Waals surface area contributed by atoms with Gasteiger partial charge in [0.05, 0.1) is 18.9 Å². The summed E-state index contributed by atoms with van der Waals surface area (Å²) in [5.41, 5.74) is 3.30. The van der Waals surface area contributed by atoms with Crippen LogP contribution in [0, 0.1) is 0 Å². The molecule has 138 valence electrons. The highest BCUT2D eigenvalue weighted by Gasteiger charge is 2.14. The van der Waals surface area contributed by atoms with Crippen LogP contribution in [0.5, 0.6) is 0 Å². The van der Waals surface area contributed by atoms with Crippen LogP contribution in [0.1, 0.15) is 15.9 Å². The lowest BCUT2D eigenvalue weighted by Gasteiger charge is -2.27. The highest BCUT2D eigenvalue weighted by molar-refractivity contribution is 6.04. The molecule has 1 saturated heterocycles. The lowest BCUT2D eigenvalue weighted by Crippen LogP contribution is -2.35. The maximum Gasteiger partial charge on any atom is 0.255 e. The Labute approximate surface area is 156 Å². The third kappa shape index (κ3) is 4.18. The van der Waals surface area contributed by atoms with Crippen molar-refractivity contribution in [1.82, 2.24) is 25.1 Å². The molecular weight excluding hydrogens is 344 g/mol. The minimum atomic E-state index is -0.146. The van der Waals surface area contributed by atoms with Crippen molar-refractivity contribution in [2.45, 2.75) is 6.54 Å². The molecule has 0 saturated carbocycles. The Hall–Kier alpha value is -3.10. The van der Waals surface area contributed by atoms with Crippen LogP contribution in [-0.4, -0.2) is 57.3 Å². The first kappa shape index (κ1) is 17.3. The molecule has 8 heteroatoms. The number of amides is 1. The number of benzene rings is 2. The van der Waals surface area contributed by atoms with E-state index in [0.717, 1.165) is 49.8 Å². The van der Waals surface area contributed by atoms with Gasteiger partial charge in [0.2, 0.25) is 0 Å². The van der Waals surface area contributed by atoms with Gasteiger partial charge in [-0.05, 0) is 46.3 Å². The number of ether oxygens (including phenoxy) is 1. The molecule has 2 heterocycles. The molecule has 1 N–H and O–H groups in total. The Kier molecular flexibility index (Phi) is 5.17. The molecule has 0 aliphatic carbocycles. The van der Waals surface area contributed by atoms with Gasteiger partial charge < -0.3 is 10.1 Å². The Balaban J connectivity index is 1.46. The summed E-state index contributed by atoms with van der Waals surface area (Å²) in [4.78, 5) is 15.0. The van der Waals surface area contributed by atoms with E-state index < -0.39 is 0 Å². The topological polar surface area (TPSA) is 85.2 Å². The molecule has 8 nitrogen and oxygen atoms in total. The molecule has 27 heavy (non-hydrogen) atoms. The van der Waals surface area contributed by atoms with Gasteiger partial charge in [-0.3, -0.25) is 9.69 Å². The minimum Gasteiger partial charge on any atom is -0.379 e. The monoisotopic (exact) mass is 364 g/mol. The largest absolute Gasteiger partial charge is 0.379 e. The van der Waals surface area contributed by atoms with Gasteiger partial charge in [0.15, 0.2) is 0 Å². The molecule has 1 amide bonds. The summed E-state index contributed by atoms with van der Waals surface area (Å²) in [6.45, 7) is 4.10. The standard InChI is InChI=1S/C19H20N6O2/c26-19(15-5-7-17(8-6-15)25-14-20-22-23-25)21-18-4-2-1-3-16(18)13-24-9-11-27-12-10-24/h1-8,14H,9-13H2,(H,21,26). The van der Waals surface area contributed by atoms with Gasteiger partial charge >= 0.3 is 0 Å². The number of nitrogens with one attached hydrogen (secondary N) is 1. The van der Waals surface area contributed by atoms with E-state index in [1.807, 2.05) is 36.4 Å². The summed E-state index contributed by atoms with van der Waals surface area (Å²) in [5, 5.41) is 14.1. The van der Waals surface area contributed by atoms with Gasteiger partial charge in [-0.25, -0.2) is 4.68 Å². The molecule has 4 rings (SSSR count). The first-order chi connectivity index (χ1) is 13.3. The second-order valence-corrected chi connectivity index (χ2v) is 6.30. The zero-order valence-corrected chi connectivity index (χ0v) is 14.8. The van der Waals surface area contributed by atoms with Crippen molar-refractivity contribution in [2.75, 3.05) is 31.6 Å². The quantitative estimate of drug-likeness (QED) is 0.742. The van der Waals surface area contributed by atoms with E-state index in [4.69, 9.17) is 4.74 Å². The first-order valence-corrected chi connectivity index (χ1v) is 8.82. The lowest BCUT2D eigenvalue weighted by atomic mass is 10.1. The van der Waals surface area contributed by atoms with Gasteiger partial charge in [-0.1, -0.05) is 18.2 Å². The van der Waals surface area contributed by atoms with Crippen LogP contribution in [0.3, 0.4) is 0 Å². The van der Waals surface area contributed by atoms with E-state index in [9.17, 15) is 4.79 Å². The van der Waals surface area contributed by atoms with Crippen LogP contribution in [0.25, 0.3) is 5.69 Å². The Morgan fingerprint density at radius 3 is 2.59 bits per heavy atom. The second-order valence-electron chi connectivity index (χ2n) is 6.30. The molecule has 2 aromatic carbocycles. The van der Waals surface area contributed by atoms with Crippen LogP contribution in [0.4, 0.5) is 5.69 Å². The van der Waals surface area contributed by atoms with Crippen LogP contribution in [-0.2, 0) is 11.3 Å². The van der Waals surface area contributed by atoms with Crippen molar-refractivity contribution >= 4 is 11.6 Å². The smallest absolute Gasteiger partial charge is 0.255 e. The van der Waals surface area contributed by atoms with Crippen LogP contribution in [0.15, 0.2) is 54.9 Å². The molecule has 0 spiro atoms. The molecule has 3 aromatic rings. The molecular formula is C19H20N6O2. The Bertz CT molecular complexity index is 889. The normalized spacial score (nSPS) is 14.8. The molecule has 0 bridgehead atoms. The lowest BCUT2D eigenvalue weighted by molar-refractivity contribution is 0.0342. The number of morpholine rings is 1. The highest BCUT2D eigenvalue weighted by atomic mass is 16.5. The summed E-state index contributed by atoms with van der Waals surface area (Å²) >= 11 is 0. The zero-order chi connectivity index (χ0) is 18.5. The summed E-state index contributed by atoms with van der Waals surface area (Å²) in [7, 11) is 0. The summed E-state index contributed by atoms with van der Waals surface area (Å²) in [5.74, 6) is -0.146. The average molecular weight is 364 g/mol. The average Bonchev–Trinajstić information content (AvgIpc) is 3.25. The minimum absolute atomic E-state index is 0.146. The Morgan fingerprint density at radius 2 is 1.85 bits per heavy atom. The van der Waals surface area contributed by atoms with E-state index in [2.05, 4.69) is 25.7 Å². The van der Waals surface area contributed by atoms with E-state index in [1.54, 1.807) is 16.8 Å². The number of carbonyl (C=O) groups is 1. The van der Waals surface area contributed by atoms with Gasteiger partial charge in [-0.15, -0.1) is 5.10 Å². The maximum atomic E-state index is 12.7. The van der Waals surface area contributed by atoms with Crippen molar-refractivity contribution < 1.29 is 9.53 Å². The van der Waals surface area contributed by atoms with Crippen molar-refractivity contribution in [3.05, 3.63) is 66.0 Å². The first-order valence-electron chi connectivity index (χ1n) is 8.82. The van der Waals surface area contributed by atoms with Gasteiger partial charge in [-0.2, -0.15) is 0 Å². The van der Waals surface area contributed by atoms with Crippen LogP contribution >= 0.6 is 0 Å². The second kappa shape index (κ2) is 8.07. The van der Waals surface area contributed by atoms with Crippen molar-refractivity contribution in [2.24, 2.45) is 0 Å². The summed E-state index contributed by atoms with van der Waals surface area (Å²) in [6.07, 6.45) is 1.51. The summed E-state index contributed by atoms with van der Waals surface area (Å²) < 4.78 is 6.94. The van der Waals surface area contributed by atoms with E-state index in [-0.39, 0.29) is 5.91 Å².